The summed E-state index contributed by atoms with van der Waals surface area (Å²) in [6.07, 6.45) is 1.10. The van der Waals surface area contributed by atoms with Crippen LogP contribution in [0.5, 0.6) is 5.75 Å². The molecule has 70 valence electrons. The first-order valence-electron chi connectivity index (χ1n) is 4.65. The van der Waals surface area contributed by atoms with Crippen molar-refractivity contribution in [3.05, 3.63) is 23.3 Å². The van der Waals surface area contributed by atoms with Gasteiger partial charge in [-0.25, -0.2) is 0 Å². The number of nitrogens with one attached hydrogen (secondary N) is 1. The molecule has 0 saturated heterocycles. The Morgan fingerprint density at radius 2 is 2.23 bits per heavy atom. The maximum absolute atomic E-state index is 5.37. The third-order valence-corrected chi connectivity index (χ3v) is 2.56. The summed E-state index contributed by atoms with van der Waals surface area (Å²) in [6.45, 7) is 4.26. The van der Waals surface area contributed by atoms with E-state index in [0.717, 1.165) is 12.2 Å². The van der Waals surface area contributed by atoms with Crippen molar-refractivity contribution in [2.45, 2.75) is 26.3 Å². The van der Waals surface area contributed by atoms with Gasteiger partial charge in [0.2, 0.25) is 0 Å². The van der Waals surface area contributed by atoms with Crippen LogP contribution >= 0.6 is 0 Å². The number of rotatable bonds is 1. The molecule has 0 aliphatic carbocycles. The lowest BCUT2D eigenvalue weighted by Gasteiger charge is -2.10. The van der Waals surface area contributed by atoms with Crippen LogP contribution in [0.1, 0.15) is 18.1 Å². The van der Waals surface area contributed by atoms with Crippen LogP contribution < -0.4 is 10.1 Å². The molecule has 2 rings (SSSR count). The molecule has 2 nitrogen and oxygen atoms in total. The fraction of sp³-hybridized carbons (Fsp3) is 0.455. The van der Waals surface area contributed by atoms with Gasteiger partial charge in [0.25, 0.3) is 0 Å². The summed E-state index contributed by atoms with van der Waals surface area (Å²) >= 11 is 0. The number of fused-ring (bicyclic) bond motifs is 1. The quantitative estimate of drug-likeness (QED) is 0.711. The number of methoxy groups -OCH3 is 1. The van der Waals surface area contributed by atoms with E-state index in [2.05, 4.69) is 31.3 Å². The van der Waals surface area contributed by atoms with Crippen molar-refractivity contribution in [2.24, 2.45) is 0 Å². The fourth-order valence-corrected chi connectivity index (χ4v) is 1.95. The molecule has 2 heteroatoms. The highest BCUT2D eigenvalue weighted by molar-refractivity contribution is 5.68. The Bertz CT molecular complexity index is 333. The van der Waals surface area contributed by atoms with Gasteiger partial charge in [-0.05, 0) is 31.4 Å². The predicted octanol–water partition coefficient (Wildman–Crippen LogP) is 2.36. The summed E-state index contributed by atoms with van der Waals surface area (Å²) in [5.74, 6) is 1.00. The molecule has 1 atom stereocenters. The van der Waals surface area contributed by atoms with Crippen LogP contribution in [0.25, 0.3) is 0 Å². The SMILES string of the molecule is COc1c(C)ccc2c1NC(C)C2. The molecule has 1 aliphatic heterocycles. The number of anilines is 1. The second-order valence-corrected chi connectivity index (χ2v) is 3.70. The summed E-state index contributed by atoms with van der Waals surface area (Å²) in [5, 5.41) is 3.43. The van der Waals surface area contributed by atoms with E-state index in [9.17, 15) is 0 Å². The van der Waals surface area contributed by atoms with Crippen molar-refractivity contribution in [3.63, 3.8) is 0 Å². The molecule has 0 aromatic heterocycles. The van der Waals surface area contributed by atoms with Gasteiger partial charge in [-0.2, -0.15) is 0 Å². The van der Waals surface area contributed by atoms with Gasteiger partial charge in [-0.3, -0.25) is 0 Å². The summed E-state index contributed by atoms with van der Waals surface area (Å²) in [7, 11) is 1.73. The van der Waals surface area contributed by atoms with E-state index in [1.54, 1.807) is 7.11 Å². The van der Waals surface area contributed by atoms with E-state index in [1.165, 1.54) is 16.8 Å². The van der Waals surface area contributed by atoms with Crippen molar-refractivity contribution in [1.29, 1.82) is 0 Å². The van der Waals surface area contributed by atoms with Gasteiger partial charge in [0.05, 0.1) is 12.8 Å². The first-order valence-corrected chi connectivity index (χ1v) is 4.65. The van der Waals surface area contributed by atoms with Crippen LogP contribution in [0.15, 0.2) is 12.1 Å². The molecule has 0 spiro atoms. The number of ether oxygens (including phenoxy) is 1. The minimum Gasteiger partial charge on any atom is -0.494 e. The molecule has 13 heavy (non-hydrogen) atoms. The van der Waals surface area contributed by atoms with Crippen LogP contribution in [-0.4, -0.2) is 13.2 Å². The monoisotopic (exact) mass is 177 g/mol. The van der Waals surface area contributed by atoms with E-state index >= 15 is 0 Å². The Morgan fingerprint density at radius 3 is 2.92 bits per heavy atom. The molecule has 1 aliphatic rings. The predicted molar refractivity (Wildman–Crippen MR) is 54.5 cm³/mol. The smallest absolute Gasteiger partial charge is 0.145 e. The Balaban J connectivity index is 2.52. The van der Waals surface area contributed by atoms with Crippen LogP contribution in [0.4, 0.5) is 5.69 Å². The van der Waals surface area contributed by atoms with Crippen molar-refractivity contribution in [2.75, 3.05) is 12.4 Å². The topological polar surface area (TPSA) is 21.3 Å². The van der Waals surface area contributed by atoms with E-state index in [-0.39, 0.29) is 0 Å². The minimum atomic E-state index is 0.533. The Labute approximate surface area is 78.9 Å². The van der Waals surface area contributed by atoms with Gasteiger partial charge in [-0.1, -0.05) is 12.1 Å². The van der Waals surface area contributed by atoms with Gasteiger partial charge >= 0.3 is 0 Å². The fourth-order valence-electron chi connectivity index (χ4n) is 1.95. The van der Waals surface area contributed by atoms with Crippen LogP contribution in [0.2, 0.25) is 0 Å². The lowest BCUT2D eigenvalue weighted by Crippen LogP contribution is -2.09. The summed E-state index contributed by atoms with van der Waals surface area (Å²) in [5.41, 5.74) is 3.76. The minimum absolute atomic E-state index is 0.533. The lowest BCUT2D eigenvalue weighted by atomic mass is 10.1. The highest BCUT2D eigenvalue weighted by Crippen LogP contribution is 2.37. The van der Waals surface area contributed by atoms with Crippen molar-refractivity contribution in [3.8, 4) is 5.75 Å². The second-order valence-electron chi connectivity index (χ2n) is 3.70. The summed E-state index contributed by atoms with van der Waals surface area (Å²) in [4.78, 5) is 0. The van der Waals surface area contributed by atoms with E-state index in [0.29, 0.717) is 6.04 Å². The zero-order chi connectivity index (χ0) is 9.42. The molecule has 1 heterocycles. The molecular weight excluding hydrogens is 162 g/mol. The molecule has 1 aromatic rings. The first-order chi connectivity index (χ1) is 6.22. The van der Waals surface area contributed by atoms with Gasteiger partial charge in [-0.15, -0.1) is 0 Å². The zero-order valence-corrected chi connectivity index (χ0v) is 8.35. The molecule has 1 unspecified atom stereocenters. The van der Waals surface area contributed by atoms with E-state index in [1.807, 2.05) is 0 Å². The Hall–Kier alpha value is -1.18. The summed E-state index contributed by atoms with van der Waals surface area (Å²) in [6, 6.07) is 4.84. The van der Waals surface area contributed by atoms with Crippen LogP contribution in [0, 0.1) is 6.92 Å². The average molecular weight is 177 g/mol. The maximum Gasteiger partial charge on any atom is 0.145 e. The Morgan fingerprint density at radius 1 is 1.46 bits per heavy atom. The standard InChI is InChI=1S/C11H15NO/c1-7-4-5-9-6-8(2)12-10(9)11(7)13-3/h4-5,8,12H,6H2,1-3H3. The molecule has 1 aromatic carbocycles. The lowest BCUT2D eigenvalue weighted by molar-refractivity contribution is 0.413. The van der Waals surface area contributed by atoms with Crippen LogP contribution in [-0.2, 0) is 6.42 Å². The van der Waals surface area contributed by atoms with Crippen LogP contribution in [0.3, 0.4) is 0 Å². The molecule has 0 fully saturated rings. The molecule has 0 radical (unpaired) electrons. The third kappa shape index (κ3) is 1.26. The number of hydrogen-bond donors (Lipinski definition) is 1. The highest BCUT2D eigenvalue weighted by Gasteiger charge is 2.21. The Kier molecular flexibility index (Phi) is 1.91. The molecule has 0 bridgehead atoms. The van der Waals surface area contributed by atoms with Crippen molar-refractivity contribution < 1.29 is 4.74 Å². The molecule has 1 N–H and O–H groups in total. The van der Waals surface area contributed by atoms with Gasteiger partial charge < -0.3 is 10.1 Å². The maximum atomic E-state index is 5.37. The van der Waals surface area contributed by atoms with Crippen molar-refractivity contribution in [1.82, 2.24) is 0 Å². The second kappa shape index (κ2) is 2.95. The zero-order valence-electron chi connectivity index (χ0n) is 8.35. The average Bonchev–Trinajstić information content (AvgIpc) is 2.45. The van der Waals surface area contributed by atoms with E-state index in [4.69, 9.17) is 4.74 Å². The van der Waals surface area contributed by atoms with Crippen molar-refractivity contribution >= 4 is 5.69 Å². The highest BCUT2D eigenvalue weighted by atomic mass is 16.5. The normalized spacial score (nSPS) is 19.5. The van der Waals surface area contributed by atoms with E-state index < -0.39 is 0 Å². The largest absolute Gasteiger partial charge is 0.494 e. The third-order valence-electron chi connectivity index (χ3n) is 2.56. The molecular formula is C11H15NO. The first kappa shape index (κ1) is 8.42. The number of hydrogen-bond acceptors (Lipinski definition) is 2. The van der Waals surface area contributed by atoms with Gasteiger partial charge in [0.15, 0.2) is 0 Å². The molecule has 0 amide bonds. The summed E-state index contributed by atoms with van der Waals surface area (Å²) < 4.78 is 5.37. The number of benzene rings is 1. The van der Waals surface area contributed by atoms with Gasteiger partial charge in [0.1, 0.15) is 5.75 Å². The number of aryl methyl sites for hydroxylation is 1. The molecule has 0 saturated carbocycles. The van der Waals surface area contributed by atoms with Gasteiger partial charge in [0, 0.05) is 6.04 Å².